The van der Waals surface area contributed by atoms with E-state index < -0.39 is 12.1 Å². The zero-order chi connectivity index (χ0) is 13.0. The predicted octanol–water partition coefficient (Wildman–Crippen LogP) is 2.32. The average Bonchev–Trinajstić information content (AvgIpc) is 2.25. The monoisotopic (exact) mass is 275 g/mol. The van der Waals surface area contributed by atoms with Crippen LogP contribution in [0.15, 0.2) is 18.2 Å². The summed E-state index contributed by atoms with van der Waals surface area (Å²) in [6.45, 7) is 4.16. The summed E-state index contributed by atoms with van der Waals surface area (Å²) in [6.07, 6.45) is 0.792. The highest BCUT2D eigenvalue weighted by atomic mass is 35.5. The molecule has 1 aromatic rings. The van der Waals surface area contributed by atoms with Crippen molar-refractivity contribution in [3.8, 4) is 11.5 Å². The molecule has 2 atom stereocenters. The average molecular weight is 276 g/mol. The molecule has 0 aromatic heterocycles. The Bertz CT molecular complexity index is 371. The van der Waals surface area contributed by atoms with E-state index in [0.29, 0.717) is 17.9 Å². The lowest BCUT2D eigenvalue weighted by Gasteiger charge is -2.20. The smallest absolute Gasteiger partial charge is 0.124 e. The number of halogens is 1. The first-order valence-corrected chi connectivity index (χ1v) is 5.87. The lowest BCUT2D eigenvalue weighted by molar-refractivity contribution is 0.127. The van der Waals surface area contributed by atoms with E-state index in [0.717, 1.165) is 6.42 Å². The number of hydrogen-bond acceptors (Lipinski definition) is 4. The van der Waals surface area contributed by atoms with Crippen LogP contribution in [0.5, 0.6) is 11.5 Å². The van der Waals surface area contributed by atoms with Gasteiger partial charge in [-0.05, 0) is 30.9 Å². The topological polar surface area (TPSA) is 86.7 Å². The van der Waals surface area contributed by atoms with Crippen LogP contribution in [0.2, 0.25) is 0 Å². The molecular formula is C13H22ClNO3. The highest BCUT2D eigenvalue weighted by molar-refractivity contribution is 5.85. The summed E-state index contributed by atoms with van der Waals surface area (Å²) in [5, 5.41) is 28.7. The van der Waals surface area contributed by atoms with Crippen molar-refractivity contribution in [2.45, 2.75) is 38.8 Å². The third-order valence-corrected chi connectivity index (χ3v) is 2.83. The van der Waals surface area contributed by atoms with Crippen LogP contribution >= 0.6 is 12.4 Å². The number of nitrogens with two attached hydrogens (primary N) is 1. The number of aliphatic hydroxyl groups is 1. The second-order valence-electron chi connectivity index (χ2n) is 4.81. The molecule has 0 saturated carbocycles. The molecule has 0 saturated heterocycles. The highest BCUT2D eigenvalue weighted by Crippen LogP contribution is 2.29. The van der Waals surface area contributed by atoms with Gasteiger partial charge in [0.25, 0.3) is 0 Å². The first-order chi connectivity index (χ1) is 7.91. The van der Waals surface area contributed by atoms with Gasteiger partial charge in [0, 0.05) is 11.6 Å². The van der Waals surface area contributed by atoms with Gasteiger partial charge in [0.05, 0.1) is 12.1 Å². The van der Waals surface area contributed by atoms with E-state index in [-0.39, 0.29) is 23.9 Å². The van der Waals surface area contributed by atoms with E-state index >= 15 is 0 Å². The molecule has 0 unspecified atom stereocenters. The molecule has 0 bridgehead atoms. The molecule has 0 radical (unpaired) electrons. The van der Waals surface area contributed by atoms with E-state index in [9.17, 15) is 15.3 Å². The Balaban J connectivity index is 0.00000289. The van der Waals surface area contributed by atoms with Crippen molar-refractivity contribution in [2.75, 3.05) is 0 Å². The third kappa shape index (κ3) is 4.72. The van der Waals surface area contributed by atoms with Crippen LogP contribution < -0.4 is 5.73 Å². The van der Waals surface area contributed by atoms with E-state index in [1.165, 1.54) is 18.2 Å². The fourth-order valence-electron chi connectivity index (χ4n) is 1.70. The normalized spacial score (nSPS) is 14.1. The van der Waals surface area contributed by atoms with Gasteiger partial charge in [-0.25, -0.2) is 0 Å². The summed E-state index contributed by atoms with van der Waals surface area (Å²) < 4.78 is 0. The van der Waals surface area contributed by atoms with Crippen LogP contribution in [-0.4, -0.2) is 21.4 Å². The molecule has 18 heavy (non-hydrogen) atoms. The maximum atomic E-state index is 9.92. The molecule has 0 aliphatic rings. The molecule has 0 fully saturated rings. The minimum Gasteiger partial charge on any atom is -0.508 e. The van der Waals surface area contributed by atoms with Crippen molar-refractivity contribution < 1.29 is 15.3 Å². The number of rotatable bonds is 5. The van der Waals surface area contributed by atoms with Gasteiger partial charge in [-0.15, -0.1) is 12.4 Å². The van der Waals surface area contributed by atoms with Crippen LogP contribution in [0.25, 0.3) is 0 Å². The van der Waals surface area contributed by atoms with Gasteiger partial charge in [0.2, 0.25) is 0 Å². The Morgan fingerprint density at radius 1 is 1.17 bits per heavy atom. The largest absolute Gasteiger partial charge is 0.508 e. The molecule has 0 spiro atoms. The Hall–Kier alpha value is -0.970. The SMILES string of the molecule is CC(C)CC[C@H](O)[C@H](N)c1ccc(O)cc1O.Cl. The van der Waals surface area contributed by atoms with E-state index in [2.05, 4.69) is 13.8 Å². The number of aromatic hydroxyl groups is 2. The minimum atomic E-state index is -0.687. The summed E-state index contributed by atoms with van der Waals surface area (Å²) in [5.41, 5.74) is 6.34. The Morgan fingerprint density at radius 3 is 2.28 bits per heavy atom. The number of benzene rings is 1. The van der Waals surface area contributed by atoms with Gasteiger partial charge in [-0.1, -0.05) is 13.8 Å². The Labute approximate surface area is 114 Å². The quantitative estimate of drug-likeness (QED) is 0.664. The Morgan fingerprint density at radius 2 is 1.78 bits per heavy atom. The van der Waals surface area contributed by atoms with Crippen LogP contribution in [0, 0.1) is 5.92 Å². The third-order valence-electron chi connectivity index (χ3n) is 2.83. The van der Waals surface area contributed by atoms with Gasteiger partial charge in [-0.3, -0.25) is 0 Å². The zero-order valence-corrected chi connectivity index (χ0v) is 11.5. The van der Waals surface area contributed by atoms with Gasteiger partial charge >= 0.3 is 0 Å². The second kappa shape index (κ2) is 7.46. The molecule has 104 valence electrons. The number of aliphatic hydroxyl groups excluding tert-OH is 1. The predicted molar refractivity (Wildman–Crippen MR) is 74.0 cm³/mol. The molecule has 4 nitrogen and oxygen atoms in total. The molecule has 0 heterocycles. The second-order valence-corrected chi connectivity index (χ2v) is 4.81. The van der Waals surface area contributed by atoms with E-state index in [1.807, 2.05) is 0 Å². The van der Waals surface area contributed by atoms with Crippen LogP contribution in [0.3, 0.4) is 0 Å². The molecule has 0 aliphatic carbocycles. The fraction of sp³-hybridized carbons (Fsp3) is 0.538. The number of phenolic OH excluding ortho intramolecular Hbond substituents is 2. The number of hydrogen-bond donors (Lipinski definition) is 4. The molecule has 5 N–H and O–H groups in total. The summed E-state index contributed by atoms with van der Waals surface area (Å²) >= 11 is 0. The van der Waals surface area contributed by atoms with Gasteiger partial charge in [-0.2, -0.15) is 0 Å². The fourth-order valence-corrected chi connectivity index (χ4v) is 1.70. The minimum absolute atomic E-state index is 0. The van der Waals surface area contributed by atoms with Gasteiger partial charge in [0.1, 0.15) is 11.5 Å². The summed E-state index contributed by atoms with van der Waals surface area (Å²) in [5.74, 6) is 0.404. The van der Waals surface area contributed by atoms with Crippen molar-refractivity contribution in [2.24, 2.45) is 11.7 Å². The molecule has 0 aliphatic heterocycles. The molecule has 1 aromatic carbocycles. The summed E-state index contributed by atoms with van der Waals surface area (Å²) in [6, 6.07) is 3.58. The van der Waals surface area contributed by atoms with Crippen molar-refractivity contribution in [1.29, 1.82) is 0 Å². The Kier molecular flexibility index (Phi) is 7.06. The summed E-state index contributed by atoms with van der Waals surface area (Å²) in [4.78, 5) is 0. The van der Waals surface area contributed by atoms with E-state index in [4.69, 9.17) is 5.73 Å². The van der Waals surface area contributed by atoms with Gasteiger partial charge in [0.15, 0.2) is 0 Å². The first kappa shape index (κ1) is 17.0. The van der Waals surface area contributed by atoms with Crippen LogP contribution in [0.4, 0.5) is 0 Å². The lowest BCUT2D eigenvalue weighted by atomic mass is 9.95. The highest BCUT2D eigenvalue weighted by Gasteiger charge is 2.20. The first-order valence-electron chi connectivity index (χ1n) is 5.87. The van der Waals surface area contributed by atoms with Crippen LogP contribution in [0.1, 0.15) is 38.3 Å². The summed E-state index contributed by atoms with van der Waals surface area (Å²) in [7, 11) is 0. The van der Waals surface area contributed by atoms with Crippen molar-refractivity contribution >= 4 is 12.4 Å². The van der Waals surface area contributed by atoms with Gasteiger partial charge < -0.3 is 21.1 Å². The van der Waals surface area contributed by atoms with Crippen LogP contribution in [-0.2, 0) is 0 Å². The zero-order valence-electron chi connectivity index (χ0n) is 10.7. The standard InChI is InChI=1S/C13H21NO3.ClH/c1-8(2)3-6-11(16)13(14)10-5-4-9(15)7-12(10)17;/h4-5,7-8,11,13,15-17H,3,6,14H2,1-2H3;1H/t11-,13+;/m0./s1. The number of phenols is 2. The molecule has 1 rings (SSSR count). The molecule has 0 amide bonds. The molecular weight excluding hydrogens is 254 g/mol. The van der Waals surface area contributed by atoms with Crippen molar-refractivity contribution in [1.82, 2.24) is 0 Å². The maximum Gasteiger partial charge on any atom is 0.124 e. The van der Waals surface area contributed by atoms with Crippen molar-refractivity contribution in [3.63, 3.8) is 0 Å². The molecule has 5 heteroatoms. The lowest BCUT2D eigenvalue weighted by Crippen LogP contribution is -2.26. The maximum absolute atomic E-state index is 9.92. The van der Waals surface area contributed by atoms with E-state index in [1.54, 1.807) is 0 Å². The van der Waals surface area contributed by atoms with Crippen molar-refractivity contribution in [3.05, 3.63) is 23.8 Å².